The van der Waals surface area contributed by atoms with E-state index in [1.807, 2.05) is 13.8 Å². The van der Waals surface area contributed by atoms with Crippen LogP contribution in [0.1, 0.15) is 13.8 Å². The minimum atomic E-state index is -3.29. The van der Waals surface area contributed by atoms with Crippen LogP contribution in [0.4, 0.5) is 0 Å². The van der Waals surface area contributed by atoms with E-state index in [-0.39, 0.29) is 0 Å². The van der Waals surface area contributed by atoms with Crippen molar-refractivity contribution in [2.24, 2.45) is 5.92 Å². The van der Waals surface area contributed by atoms with E-state index in [9.17, 15) is 0 Å². The summed E-state index contributed by atoms with van der Waals surface area (Å²) in [7, 11) is 20.1. The first-order valence-electron chi connectivity index (χ1n) is 2.64. The molecule has 0 aromatic rings. The van der Waals surface area contributed by atoms with Crippen LogP contribution >= 0.6 is 34.1 Å². The Morgan fingerprint density at radius 3 is 1.30 bits per heavy atom. The second-order valence-electron chi connectivity index (χ2n) is 2.00. The molecule has 0 aliphatic carbocycles. The second-order valence-corrected chi connectivity index (χ2v) is 24.4. The van der Waals surface area contributed by atoms with Crippen molar-refractivity contribution in [3.63, 3.8) is 0 Å². The molecule has 0 bridgehead atoms. The molecule has 0 fully saturated rings. The normalized spacial score (nSPS) is 10.8. The predicted molar refractivity (Wildman–Crippen MR) is 45.3 cm³/mol. The molecule has 0 unspecified atom stereocenters. The molecule has 6 heteroatoms. The molecule has 0 saturated heterocycles. The van der Waals surface area contributed by atoms with Crippen molar-refractivity contribution < 1.29 is 20.6 Å². The Morgan fingerprint density at radius 2 is 1.30 bits per heavy atom. The molecule has 1 N–H and O–H groups in total. The Bertz CT molecular complexity index is 66.1. The number of hydrogen-bond donors (Lipinski definition) is 1. The summed E-state index contributed by atoms with van der Waals surface area (Å²) in [5, 5.41) is 8.14. The van der Waals surface area contributed by atoms with Gasteiger partial charge in [-0.05, 0) is 5.92 Å². The summed E-state index contributed by atoms with van der Waals surface area (Å²) in [6.45, 7) is 4.25. The summed E-state index contributed by atoms with van der Waals surface area (Å²) in [4.78, 5) is 0. The molecule has 0 amide bonds. The maximum atomic E-state index is 8.14. The van der Waals surface area contributed by atoms with Crippen LogP contribution in [0.5, 0.6) is 0 Å². The van der Waals surface area contributed by atoms with Crippen LogP contribution in [0.3, 0.4) is 0 Å². The third-order valence-corrected chi connectivity index (χ3v) is 0.365. The van der Waals surface area contributed by atoms with Crippen molar-refractivity contribution in [2.45, 2.75) is 13.8 Å². The number of aliphatic hydroxyl groups excluding tert-OH is 1. The fourth-order valence-corrected chi connectivity index (χ4v) is 0. The average molecular weight is 307 g/mol. The van der Waals surface area contributed by atoms with Crippen LogP contribution in [-0.2, 0) is 15.5 Å². The van der Waals surface area contributed by atoms with Gasteiger partial charge in [0.1, 0.15) is 0 Å². The van der Waals surface area contributed by atoms with Gasteiger partial charge in [0.05, 0.1) is 0 Å². The first kappa shape index (κ1) is 14.5. The number of aliphatic hydroxyl groups is 1. The summed E-state index contributed by atoms with van der Waals surface area (Å²) in [6, 6.07) is 0. The molecular formula is C4H10Cl4OZr. The van der Waals surface area contributed by atoms with Gasteiger partial charge in [-0.1, -0.05) is 13.8 Å². The van der Waals surface area contributed by atoms with E-state index in [0.29, 0.717) is 12.5 Å². The fraction of sp³-hybridized carbons (Fsp3) is 1.00. The molecule has 1 nitrogen and oxygen atoms in total. The SMILES string of the molecule is CC(C)CO.[Cl][Zr]([Cl])([Cl])[Cl]. The zero-order chi connectivity index (χ0) is 8.78. The summed E-state index contributed by atoms with van der Waals surface area (Å²) >= 11 is -3.29. The molecular weight excluding hydrogens is 297 g/mol. The molecule has 10 heavy (non-hydrogen) atoms. The van der Waals surface area contributed by atoms with E-state index in [1.54, 1.807) is 0 Å². The van der Waals surface area contributed by atoms with Gasteiger partial charge < -0.3 is 5.11 Å². The molecule has 0 atom stereocenters. The molecule has 0 aliphatic rings. The zero-order valence-electron chi connectivity index (χ0n) is 5.74. The van der Waals surface area contributed by atoms with E-state index >= 15 is 0 Å². The monoisotopic (exact) mass is 304 g/mol. The Labute approximate surface area is 80.2 Å². The molecule has 0 aliphatic heterocycles. The van der Waals surface area contributed by atoms with Gasteiger partial charge in [-0.2, -0.15) is 0 Å². The summed E-state index contributed by atoms with van der Waals surface area (Å²) in [6.07, 6.45) is 0. The van der Waals surface area contributed by atoms with Gasteiger partial charge in [-0.25, -0.2) is 0 Å². The van der Waals surface area contributed by atoms with Gasteiger partial charge in [-0.15, -0.1) is 0 Å². The number of halogens is 4. The Hall–Kier alpha value is 2.00. The first-order chi connectivity index (χ1) is 4.27. The Balaban J connectivity index is 0. The van der Waals surface area contributed by atoms with Crippen molar-refractivity contribution in [2.75, 3.05) is 6.61 Å². The topological polar surface area (TPSA) is 20.2 Å². The van der Waals surface area contributed by atoms with E-state index in [1.165, 1.54) is 0 Å². The zero-order valence-corrected chi connectivity index (χ0v) is 11.2. The number of hydrogen-bond acceptors (Lipinski definition) is 1. The average Bonchev–Trinajstić information content (AvgIpc) is 1.61. The molecule has 0 radical (unpaired) electrons. The molecule has 0 rings (SSSR count). The van der Waals surface area contributed by atoms with E-state index in [4.69, 9.17) is 39.2 Å². The maximum absolute atomic E-state index is 8.14. The van der Waals surface area contributed by atoms with E-state index in [0.717, 1.165) is 0 Å². The Kier molecular flexibility index (Phi) is 11.1. The predicted octanol–water partition coefficient (Wildman–Crippen LogP) is 3.39. The third-order valence-electron chi connectivity index (χ3n) is 0.365. The number of rotatable bonds is 1. The van der Waals surface area contributed by atoms with Gasteiger partial charge >= 0.3 is 49.5 Å². The van der Waals surface area contributed by atoms with Crippen LogP contribution < -0.4 is 0 Å². The third kappa shape index (κ3) is 50.6. The molecule has 0 aromatic heterocycles. The summed E-state index contributed by atoms with van der Waals surface area (Å²) in [5.41, 5.74) is 0. The van der Waals surface area contributed by atoms with Crippen LogP contribution in [0.2, 0.25) is 0 Å². The van der Waals surface area contributed by atoms with Crippen LogP contribution in [0.25, 0.3) is 0 Å². The fourth-order valence-electron chi connectivity index (χ4n) is 0. The standard InChI is InChI=1S/C4H10O.4ClH.Zr/c1-4(2)3-5;;;;;/h4-5H,3H2,1-2H3;4*1H;/q;;;;;+4/p-4. The van der Waals surface area contributed by atoms with Crippen molar-refractivity contribution in [1.82, 2.24) is 0 Å². The molecule has 0 saturated carbocycles. The summed E-state index contributed by atoms with van der Waals surface area (Å²) < 4.78 is 0. The van der Waals surface area contributed by atoms with E-state index < -0.39 is 15.5 Å². The van der Waals surface area contributed by atoms with Crippen LogP contribution in [-0.4, -0.2) is 11.7 Å². The van der Waals surface area contributed by atoms with Crippen LogP contribution in [0.15, 0.2) is 0 Å². The van der Waals surface area contributed by atoms with E-state index in [2.05, 4.69) is 0 Å². The minimum absolute atomic E-state index is 0.306. The molecule has 0 heterocycles. The molecule has 64 valence electrons. The molecule has 0 spiro atoms. The van der Waals surface area contributed by atoms with Crippen molar-refractivity contribution in [3.8, 4) is 0 Å². The van der Waals surface area contributed by atoms with Gasteiger partial charge in [-0.3, -0.25) is 0 Å². The Morgan fingerprint density at radius 1 is 1.20 bits per heavy atom. The van der Waals surface area contributed by atoms with Gasteiger partial charge in [0.25, 0.3) is 0 Å². The van der Waals surface area contributed by atoms with Crippen molar-refractivity contribution >= 4 is 34.1 Å². The first-order valence-corrected chi connectivity index (χ1v) is 15.3. The van der Waals surface area contributed by atoms with Gasteiger partial charge in [0.2, 0.25) is 0 Å². The van der Waals surface area contributed by atoms with Crippen molar-refractivity contribution in [3.05, 3.63) is 0 Å². The van der Waals surface area contributed by atoms with Crippen LogP contribution in [0, 0.1) is 5.92 Å². The van der Waals surface area contributed by atoms with Gasteiger partial charge in [0.15, 0.2) is 0 Å². The second kappa shape index (κ2) is 7.64. The van der Waals surface area contributed by atoms with Crippen molar-refractivity contribution in [1.29, 1.82) is 0 Å². The summed E-state index contributed by atoms with van der Waals surface area (Å²) in [5.74, 6) is 0.440. The molecule has 0 aromatic carbocycles. The quantitative estimate of drug-likeness (QED) is 0.787. The van der Waals surface area contributed by atoms with Gasteiger partial charge in [0, 0.05) is 6.61 Å².